The molecule has 2 heteroatoms. The molecule has 2 aliphatic carbocycles. The first-order valence-electron chi connectivity index (χ1n) is 10.7. The number of carbonyl (C=O) groups excluding carboxylic acids is 1. The summed E-state index contributed by atoms with van der Waals surface area (Å²) in [4.78, 5) is 12.5. The van der Waals surface area contributed by atoms with Gasteiger partial charge in [0.1, 0.15) is 6.10 Å². The van der Waals surface area contributed by atoms with E-state index in [1.165, 1.54) is 56.1 Å². The first kappa shape index (κ1) is 19.2. The molecule has 26 heavy (non-hydrogen) atoms. The Balaban J connectivity index is 1.49. The lowest BCUT2D eigenvalue weighted by atomic mass is 9.84. The van der Waals surface area contributed by atoms with E-state index in [9.17, 15) is 4.79 Å². The number of rotatable bonds is 6. The SMILES string of the molecule is CCCCC1CCC(OC(=O)c2ccc(C3=CCC(C)CC3)cc2)CC1. The summed E-state index contributed by atoms with van der Waals surface area (Å²) in [6, 6.07) is 8.03. The monoisotopic (exact) mass is 354 g/mol. The third-order valence-electron chi connectivity index (χ3n) is 6.20. The fourth-order valence-electron chi connectivity index (χ4n) is 4.30. The third kappa shape index (κ3) is 5.22. The van der Waals surface area contributed by atoms with E-state index < -0.39 is 0 Å². The van der Waals surface area contributed by atoms with Crippen molar-refractivity contribution in [3.8, 4) is 0 Å². The number of benzene rings is 1. The predicted molar refractivity (Wildman–Crippen MR) is 108 cm³/mol. The van der Waals surface area contributed by atoms with E-state index in [4.69, 9.17) is 4.74 Å². The molecule has 0 saturated heterocycles. The third-order valence-corrected chi connectivity index (χ3v) is 6.20. The molecule has 0 N–H and O–H groups in total. The fraction of sp³-hybridized carbons (Fsp3) is 0.625. The minimum Gasteiger partial charge on any atom is -0.459 e. The van der Waals surface area contributed by atoms with E-state index in [1.54, 1.807) is 0 Å². The minimum absolute atomic E-state index is 0.114. The van der Waals surface area contributed by atoms with Crippen molar-refractivity contribution in [3.63, 3.8) is 0 Å². The summed E-state index contributed by atoms with van der Waals surface area (Å²) in [5.74, 6) is 1.49. The van der Waals surface area contributed by atoms with Crippen molar-refractivity contribution in [1.82, 2.24) is 0 Å². The number of unbranched alkanes of at least 4 members (excludes halogenated alkanes) is 1. The van der Waals surface area contributed by atoms with Crippen molar-refractivity contribution >= 4 is 11.5 Å². The maximum Gasteiger partial charge on any atom is 0.338 e. The van der Waals surface area contributed by atoms with E-state index in [-0.39, 0.29) is 12.1 Å². The Kier molecular flexibility index (Phi) is 6.93. The molecular weight excluding hydrogens is 320 g/mol. The van der Waals surface area contributed by atoms with Crippen molar-refractivity contribution in [2.45, 2.75) is 84.2 Å². The maximum atomic E-state index is 12.5. The molecule has 0 aliphatic heterocycles. The number of esters is 1. The average Bonchev–Trinajstić information content (AvgIpc) is 2.68. The van der Waals surface area contributed by atoms with Crippen molar-refractivity contribution in [1.29, 1.82) is 0 Å². The quantitative estimate of drug-likeness (QED) is 0.525. The standard InChI is InChI=1S/C24H34O2/c1-3-4-5-19-8-16-23(17-9-19)26-24(25)22-14-12-21(13-15-22)20-10-6-18(2)7-11-20/h10,12-15,18-19,23H,3-9,11,16-17H2,1-2H3. The molecule has 142 valence electrons. The van der Waals surface area contributed by atoms with E-state index in [0.717, 1.165) is 31.1 Å². The van der Waals surface area contributed by atoms with Crippen LogP contribution in [0, 0.1) is 11.8 Å². The second-order valence-electron chi connectivity index (χ2n) is 8.38. The molecule has 0 aromatic heterocycles. The van der Waals surface area contributed by atoms with Crippen LogP contribution in [-0.4, -0.2) is 12.1 Å². The Bertz CT molecular complexity index is 606. The molecule has 1 aromatic carbocycles. The Morgan fingerprint density at radius 1 is 1.08 bits per heavy atom. The van der Waals surface area contributed by atoms with Crippen LogP contribution in [0.25, 0.3) is 5.57 Å². The van der Waals surface area contributed by atoms with Crippen molar-refractivity contribution in [3.05, 3.63) is 41.5 Å². The summed E-state index contributed by atoms with van der Waals surface area (Å²) < 4.78 is 5.78. The van der Waals surface area contributed by atoms with Gasteiger partial charge in [0.15, 0.2) is 0 Å². The summed E-state index contributed by atoms with van der Waals surface area (Å²) in [6.45, 7) is 4.56. The van der Waals surface area contributed by atoms with E-state index in [2.05, 4.69) is 32.1 Å². The molecule has 0 heterocycles. The molecule has 1 saturated carbocycles. The van der Waals surface area contributed by atoms with Crippen molar-refractivity contribution in [2.24, 2.45) is 11.8 Å². The molecular formula is C24H34O2. The van der Waals surface area contributed by atoms with Gasteiger partial charge >= 0.3 is 5.97 Å². The Morgan fingerprint density at radius 2 is 1.81 bits per heavy atom. The highest BCUT2D eigenvalue weighted by Gasteiger charge is 2.24. The molecule has 1 fully saturated rings. The highest BCUT2D eigenvalue weighted by atomic mass is 16.5. The fourth-order valence-corrected chi connectivity index (χ4v) is 4.30. The van der Waals surface area contributed by atoms with Crippen molar-refractivity contribution in [2.75, 3.05) is 0 Å². The highest BCUT2D eigenvalue weighted by Crippen LogP contribution is 2.31. The van der Waals surface area contributed by atoms with Crippen LogP contribution >= 0.6 is 0 Å². The lowest BCUT2D eigenvalue weighted by Gasteiger charge is -2.28. The smallest absolute Gasteiger partial charge is 0.338 e. The normalized spacial score (nSPS) is 26.2. The summed E-state index contributed by atoms with van der Waals surface area (Å²) in [5.41, 5.74) is 3.37. The molecule has 0 amide bonds. The van der Waals surface area contributed by atoms with Gasteiger partial charge < -0.3 is 4.74 Å². The molecule has 0 spiro atoms. The van der Waals surface area contributed by atoms with Crippen LogP contribution in [0.3, 0.4) is 0 Å². The van der Waals surface area contributed by atoms with Gasteiger partial charge in [-0.15, -0.1) is 0 Å². The van der Waals surface area contributed by atoms with Crippen molar-refractivity contribution < 1.29 is 9.53 Å². The summed E-state index contributed by atoms with van der Waals surface area (Å²) in [7, 11) is 0. The Hall–Kier alpha value is -1.57. The van der Waals surface area contributed by atoms with Crippen LogP contribution in [0.5, 0.6) is 0 Å². The molecule has 1 atom stereocenters. The minimum atomic E-state index is -0.153. The largest absolute Gasteiger partial charge is 0.459 e. The lowest BCUT2D eigenvalue weighted by molar-refractivity contribution is 0.0161. The van der Waals surface area contributed by atoms with E-state index >= 15 is 0 Å². The maximum absolute atomic E-state index is 12.5. The molecule has 3 rings (SSSR count). The second-order valence-corrected chi connectivity index (χ2v) is 8.38. The van der Waals surface area contributed by atoms with E-state index in [1.807, 2.05) is 12.1 Å². The number of hydrogen-bond donors (Lipinski definition) is 0. The van der Waals surface area contributed by atoms with Gasteiger partial charge in [0.05, 0.1) is 5.56 Å². The van der Waals surface area contributed by atoms with Gasteiger partial charge in [-0.1, -0.05) is 51.3 Å². The van der Waals surface area contributed by atoms with E-state index in [0.29, 0.717) is 5.56 Å². The van der Waals surface area contributed by atoms with Crippen LogP contribution in [-0.2, 0) is 4.74 Å². The number of ether oxygens (including phenoxy) is 1. The van der Waals surface area contributed by atoms with Gasteiger partial charge in [-0.05, 0) is 80.1 Å². The zero-order valence-electron chi connectivity index (χ0n) is 16.5. The predicted octanol–water partition coefficient (Wildman–Crippen LogP) is 6.80. The van der Waals surface area contributed by atoms with Gasteiger partial charge in [0, 0.05) is 0 Å². The lowest BCUT2D eigenvalue weighted by Crippen LogP contribution is -2.24. The topological polar surface area (TPSA) is 26.3 Å². The summed E-state index contributed by atoms with van der Waals surface area (Å²) in [5, 5.41) is 0. The zero-order valence-corrected chi connectivity index (χ0v) is 16.5. The molecule has 0 bridgehead atoms. The molecule has 1 unspecified atom stereocenters. The first-order valence-corrected chi connectivity index (χ1v) is 10.7. The van der Waals surface area contributed by atoms with Gasteiger partial charge in [0.2, 0.25) is 0 Å². The zero-order chi connectivity index (χ0) is 18.4. The number of allylic oxidation sites excluding steroid dienone is 2. The summed E-state index contributed by atoms with van der Waals surface area (Å²) >= 11 is 0. The molecule has 1 aromatic rings. The van der Waals surface area contributed by atoms with Crippen LogP contribution in [0.4, 0.5) is 0 Å². The van der Waals surface area contributed by atoms with Crippen LogP contribution in [0.15, 0.2) is 30.3 Å². The molecule has 2 nitrogen and oxygen atoms in total. The van der Waals surface area contributed by atoms with Crippen LogP contribution in [0.2, 0.25) is 0 Å². The molecule has 0 radical (unpaired) electrons. The Morgan fingerprint density at radius 3 is 2.42 bits per heavy atom. The van der Waals surface area contributed by atoms with Crippen LogP contribution in [0.1, 0.15) is 94.0 Å². The van der Waals surface area contributed by atoms with Gasteiger partial charge in [0.25, 0.3) is 0 Å². The number of carbonyl (C=O) groups is 1. The van der Waals surface area contributed by atoms with Gasteiger partial charge in [-0.2, -0.15) is 0 Å². The van der Waals surface area contributed by atoms with Gasteiger partial charge in [-0.25, -0.2) is 4.79 Å². The van der Waals surface area contributed by atoms with Crippen LogP contribution < -0.4 is 0 Å². The molecule has 2 aliphatic rings. The van der Waals surface area contributed by atoms with Gasteiger partial charge in [-0.3, -0.25) is 0 Å². The second kappa shape index (κ2) is 9.39. The summed E-state index contributed by atoms with van der Waals surface area (Å²) in [6.07, 6.45) is 14.5. The average molecular weight is 355 g/mol. The Labute approximate surface area is 159 Å². The first-order chi connectivity index (χ1) is 12.7. The highest BCUT2D eigenvalue weighted by molar-refractivity contribution is 5.90. The number of hydrogen-bond acceptors (Lipinski definition) is 2.